The van der Waals surface area contributed by atoms with Crippen molar-refractivity contribution in [2.24, 2.45) is 23.5 Å². The van der Waals surface area contributed by atoms with Gasteiger partial charge in [-0.05, 0) is 92.3 Å². The molecule has 7 atom stereocenters. The number of aromatic amines is 1. The van der Waals surface area contributed by atoms with Gasteiger partial charge in [-0.1, -0.05) is 37.8 Å². The van der Waals surface area contributed by atoms with E-state index in [9.17, 15) is 25.5 Å². The number of aromatic hydroxyl groups is 1. The molecule has 45 heavy (non-hydrogen) atoms. The minimum Gasteiger partial charge on any atom is -0.504 e. The summed E-state index contributed by atoms with van der Waals surface area (Å²) in [4.78, 5) is 3.24. The Balaban J connectivity index is 1.46. The highest BCUT2D eigenvalue weighted by molar-refractivity contribution is 5.42. The molecule has 0 spiro atoms. The molecule has 9 heteroatoms. The molecule has 1 aromatic carbocycles. The number of aliphatic hydroxyl groups excluding tert-OH is 4. The number of allylic oxidation sites excluding steroid dienone is 2. The molecule has 2 heterocycles. The first-order valence-corrected chi connectivity index (χ1v) is 16.4. The number of dihydropyridines is 1. The SMILES string of the molecule is CC[C@H]1C#CC[C@H]([C@H](O)CCc2ccc(O)c(O[C@H](C[C@H](Cc3ccc[nH]3)C3=CCNC(N)=C3)[C@H](O)CO)c2)[C@@H](O)CCCC1. The molecular weight excluding hydrogens is 570 g/mol. The maximum absolute atomic E-state index is 11.1. The summed E-state index contributed by atoms with van der Waals surface area (Å²) in [7, 11) is 0. The maximum atomic E-state index is 11.1. The molecular formula is C36H51N3O6. The fourth-order valence-corrected chi connectivity index (χ4v) is 6.33. The van der Waals surface area contributed by atoms with Gasteiger partial charge in [-0.25, -0.2) is 0 Å². The number of nitrogens with two attached hydrogens (primary N) is 1. The van der Waals surface area contributed by atoms with E-state index in [1.165, 1.54) is 0 Å². The lowest BCUT2D eigenvalue weighted by atomic mass is 9.85. The van der Waals surface area contributed by atoms with Crippen LogP contribution in [-0.2, 0) is 12.8 Å². The van der Waals surface area contributed by atoms with Gasteiger partial charge in [0, 0.05) is 36.7 Å². The number of hydrogen-bond donors (Lipinski definition) is 8. The Kier molecular flexibility index (Phi) is 13.3. The van der Waals surface area contributed by atoms with E-state index < -0.39 is 31.0 Å². The molecule has 246 valence electrons. The summed E-state index contributed by atoms with van der Waals surface area (Å²) < 4.78 is 6.24. The second-order valence-electron chi connectivity index (χ2n) is 12.5. The molecule has 0 fully saturated rings. The van der Waals surface area contributed by atoms with Crippen LogP contribution in [0.5, 0.6) is 11.5 Å². The quantitative estimate of drug-likeness (QED) is 0.148. The maximum Gasteiger partial charge on any atom is 0.161 e. The van der Waals surface area contributed by atoms with E-state index in [1.54, 1.807) is 18.2 Å². The zero-order valence-electron chi connectivity index (χ0n) is 26.4. The number of ether oxygens (including phenoxy) is 1. The van der Waals surface area contributed by atoms with Crippen molar-refractivity contribution in [2.45, 2.75) is 95.5 Å². The number of aliphatic hydroxyl groups is 4. The normalized spacial score (nSPS) is 23.3. The van der Waals surface area contributed by atoms with Gasteiger partial charge in [0.25, 0.3) is 0 Å². The molecule has 2 aromatic rings. The van der Waals surface area contributed by atoms with Crippen LogP contribution in [0.2, 0.25) is 0 Å². The molecule has 1 aromatic heterocycles. The summed E-state index contributed by atoms with van der Waals surface area (Å²) in [6.45, 7) is 2.23. The van der Waals surface area contributed by atoms with Crippen molar-refractivity contribution in [1.82, 2.24) is 10.3 Å². The third kappa shape index (κ3) is 10.3. The fourth-order valence-electron chi connectivity index (χ4n) is 6.33. The average Bonchev–Trinajstić information content (AvgIpc) is 3.56. The first-order chi connectivity index (χ1) is 21.8. The Bertz CT molecular complexity index is 1310. The van der Waals surface area contributed by atoms with E-state index in [-0.39, 0.29) is 23.3 Å². The van der Waals surface area contributed by atoms with Crippen LogP contribution in [0.3, 0.4) is 0 Å². The van der Waals surface area contributed by atoms with E-state index in [2.05, 4.69) is 35.1 Å². The summed E-state index contributed by atoms with van der Waals surface area (Å²) in [6.07, 6.45) is 9.50. The van der Waals surface area contributed by atoms with Crippen molar-refractivity contribution in [3.05, 3.63) is 71.3 Å². The van der Waals surface area contributed by atoms with Crippen LogP contribution in [0.15, 0.2) is 60.1 Å². The minimum absolute atomic E-state index is 0.0795. The molecule has 0 saturated carbocycles. The molecule has 9 nitrogen and oxygen atoms in total. The summed E-state index contributed by atoms with van der Waals surface area (Å²) in [5.74, 6) is 7.22. The van der Waals surface area contributed by atoms with Crippen LogP contribution in [0, 0.1) is 29.6 Å². The van der Waals surface area contributed by atoms with E-state index in [4.69, 9.17) is 10.5 Å². The van der Waals surface area contributed by atoms with Gasteiger partial charge >= 0.3 is 0 Å². The minimum atomic E-state index is -1.19. The standard InChI is InChI=1S/C36H51N3O6/c1-2-24-7-3-4-11-30(41)29(10-5-8-24)31(42)14-12-25-13-15-32(43)34(19-25)45-35(33(44)23-40)21-27(20-28-9-6-17-38-28)26-16-18-39-36(37)22-26/h6,9,13,15-17,19,22,24,27,29-31,33,35,38-44H,2-4,7,10-12,14,18,20-21,23,37H2,1H3/t24-,27+,29+,30+,31-,33-,35-/m1/s1. The van der Waals surface area contributed by atoms with Crippen LogP contribution in [0.4, 0.5) is 0 Å². The third-order valence-electron chi connectivity index (χ3n) is 9.16. The van der Waals surface area contributed by atoms with Gasteiger partial charge < -0.3 is 46.3 Å². The lowest BCUT2D eigenvalue weighted by Gasteiger charge is -2.29. The number of rotatable bonds is 14. The Hall–Kier alpha value is -3.42. The Morgan fingerprint density at radius 1 is 1.16 bits per heavy atom. The van der Waals surface area contributed by atoms with Crippen LogP contribution in [-0.4, -0.2) is 68.1 Å². The second-order valence-corrected chi connectivity index (χ2v) is 12.5. The number of aromatic nitrogens is 1. The number of aryl methyl sites for hydroxylation is 1. The molecule has 0 radical (unpaired) electrons. The zero-order chi connectivity index (χ0) is 32.2. The topological polar surface area (TPSA) is 164 Å². The lowest BCUT2D eigenvalue weighted by Crippen LogP contribution is -2.37. The van der Waals surface area contributed by atoms with Crippen LogP contribution in [0.25, 0.3) is 0 Å². The molecule has 0 bridgehead atoms. The summed E-state index contributed by atoms with van der Waals surface area (Å²) in [5.41, 5.74) is 8.93. The molecule has 0 saturated heterocycles. The molecule has 2 aliphatic rings. The van der Waals surface area contributed by atoms with Crippen molar-refractivity contribution in [3.8, 4) is 23.3 Å². The predicted octanol–water partition coefficient (Wildman–Crippen LogP) is 3.66. The first-order valence-electron chi connectivity index (χ1n) is 16.4. The lowest BCUT2D eigenvalue weighted by molar-refractivity contribution is -0.0104. The first kappa shape index (κ1) is 34.5. The largest absolute Gasteiger partial charge is 0.504 e. The van der Waals surface area contributed by atoms with Gasteiger partial charge in [0.15, 0.2) is 11.5 Å². The van der Waals surface area contributed by atoms with Crippen LogP contribution in [0.1, 0.15) is 69.5 Å². The highest BCUT2D eigenvalue weighted by atomic mass is 16.5. The summed E-state index contributed by atoms with van der Waals surface area (Å²) in [6, 6.07) is 8.97. The number of phenols is 1. The predicted molar refractivity (Wildman–Crippen MR) is 175 cm³/mol. The van der Waals surface area contributed by atoms with E-state index in [0.717, 1.165) is 42.5 Å². The number of benzene rings is 1. The smallest absolute Gasteiger partial charge is 0.161 e. The summed E-state index contributed by atoms with van der Waals surface area (Å²) in [5, 5.41) is 56.5. The van der Waals surface area contributed by atoms with Crippen molar-refractivity contribution >= 4 is 0 Å². The molecule has 9 N–H and O–H groups in total. The number of nitrogens with one attached hydrogen (secondary N) is 2. The van der Waals surface area contributed by atoms with E-state index in [1.807, 2.05) is 24.4 Å². The van der Waals surface area contributed by atoms with Gasteiger partial charge in [0.05, 0.1) is 24.6 Å². The van der Waals surface area contributed by atoms with Crippen molar-refractivity contribution in [2.75, 3.05) is 13.2 Å². The number of hydrogen-bond acceptors (Lipinski definition) is 8. The molecule has 0 amide bonds. The average molecular weight is 622 g/mol. The Morgan fingerprint density at radius 2 is 1.98 bits per heavy atom. The molecule has 1 aliphatic heterocycles. The van der Waals surface area contributed by atoms with Crippen molar-refractivity contribution in [3.63, 3.8) is 0 Å². The van der Waals surface area contributed by atoms with Crippen molar-refractivity contribution < 1.29 is 30.3 Å². The Labute approximate surface area is 267 Å². The van der Waals surface area contributed by atoms with Crippen LogP contribution < -0.4 is 15.8 Å². The number of phenolic OH excluding ortho intramolecular Hbond substituents is 1. The second kappa shape index (κ2) is 17.3. The third-order valence-corrected chi connectivity index (χ3v) is 9.16. The van der Waals surface area contributed by atoms with E-state index in [0.29, 0.717) is 56.8 Å². The van der Waals surface area contributed by atoms with E-state index >= 15 is 0 Å². The highest BCUT2D eigenvalue weighted by Gasteiger charge is 2.29. The monoisotopic (exact) mass is 621 g/mol. The molecule has 1 aliphatic carbocycles. The fraction of sp³-hybridized carbons (Fsp3) is 0.556. The van der Waals surface area contributed by atoms with Gasteiger partial charge in [-0.15, -0.1) is 5.92 Å². The van der Waals surface area contributed by atoms with Gasteiger partial charge in [-0.2, -0.15) is 0 Å². The molecule has 4 rings (SSSR count). The van der Waals surface area contributed by atoms with Gasteiger partial charge in [-0.3, -0.25) is 0 Å². The van der Waals surface area contributed by atoms with Gasteiger partial charge in [0.2, 0.25) is 0 Å². The van der Waals surface area contributed by atoms with Crippen LogP contribution >= 0.6 is 0 Å². The van der Waals surface area contributed by atoms with Gasteiger partial charge in [0.1, 0.15) is 12.2 Å². The van der Waals surface area contributed by atoms with Crippen molar-refractivity contribution in [1.29, 1.82) is 0 Å². The summed E-state index contributed by atoms with van der Waals surface area (Å²) >= 11 is 0. The Morgan fingerprint density at radius 3 is 2.71 bits per heavy atom. The number of H-pyrrole nitrogens is 1. The molecule has 0 unspecified atom stereocenters. The zero-order valence-corrected chi connectivity index (χ0v) is 26.4. The highest BCUT2D eigenvalue weighted by Crippen LogP contribution is 2.33.